The van der Waals surface area contributed by atoms with E-state index >= 15 is 0 Å². The third-order valence-electron chi connectivity index (χ3n) is 0.235. The summed E-state index contributed by atoms with van der Waals surface area (Å²) in [5.74, 6) is 0. The van der Waals surface area contributed by atoms with Gasteiger partial charge in [0.2, 0.25) is 0 Å². The fourth-order valence-corrected chi connectivity index (χ4v) is 0.0680. The van der Waals surface area contributed by atoms with Crippen LogP contribution in [0.15, 0.2) is 0 Å². The topological polar surface area (TPSA) is 148 Å². The van der Waals surface area contributed by atoms with Crippen LogP contribution in [-0.4, -0.2) is 42.4 Å². The molecule has 0 aliphatic carbocycles. The van der Waals surface area contributed by atoms with E-state index in [1.54, 1.807) is 6.92 Å². The van der Waals surface area contributed by atoms with Gasteiger partial charge in [0, 0.05) is 0 Å². The van der Waals surface area contributed by atoms with Gasteiger partial charge in [0.1, 0.15) is 0 Å². The minimum Gasteiger partial charge on any atom is -0.468 e. The van der Waals surface area contributed by atoms with Crippen molar-refractivity contribution < 1.29 is 38.9 Å². The van der Waals surface area contributed by atoms with Crippen molar-refractivity contribution in [1.82, 2.24) is 0 Å². The van der Waals surface area contributed by atoms with Gasteiger partial charge >= 0.3 is 13.4 Å². The van der Waals surface area contributed by atoms with Crippen LogP contribution < -0.4 is 0 Å². The van der Waals surface area contributed by atoms with Gasteiger partial charge in [0.15, 0.2) is 0 Å². The molecule has 6 N–H and O–H groups in total. The Labute approximate surface area is 125 Å². The number of ether oxygens (including phenoxy) is 1. The largest absolute Gasteiger partial charge is 0.468 e. The molecule has 0 aliphatic heterocycles. The van der Waals surface area contributed by atoms with Gasteiger partial charge in [0.25, 0.3) is 6.47 Å². The normalized spacial score (nSPS) is 8.26. The van der Waals surface area contributed by atoms with Crippen LogP contribution in [0.1, 0.15) is 35.6 Å². The lowest BCUT2D eigenvalue weighted by Gasteiger charge is -1.88. The number of hydrogen-bond donors (Lipinski definition) is 6. The minimum absolute atomic E-state index is 0. The van der Waals surface area contributed by atoms with Crippen molar-refractivity contribution in [3.8, 4) is 0 Å². The molecule has 8 nitrogen and oxygen atoms in total. The standard InChI is InChI=1S/C3H6O2.C2H6.2CH4.2H3O3PS/c1-2-5-3-4;1-2;;;2*1-4(2,3)5/h3H,2H2,1H3;1-2H3;2*1H4;2*(H3,1,2,3,5). The zero-order valence-corrected chi connectivity index (χ0v) is 12.9. The highest BCUT2D eigenvalue weighted by Crippen LogP contribution is 2.26. The van der Waals surface area contributed by atoms with Gasteiger partial charge in [-0.1, -0.05) is 28.7 Å². The molecule has 124 valence electrons. The fraction of sp³-hybridized carbons (Fsp3) is 0.857. The average molecular weight is 364 g/mol. The number of carbonyl (C=O) groups is 1. The molecule has 12 heteroatoms. The van der Waals surface area contributed by atoms with Crippen molar-refractivity contribution in [3.63, 3.8) is 0 Å². The highest BCUT2D eigenvalue weighted by Gasteiger charge is 1.92. The van der Waals surface area contributed by atoms with Crippen molar-refractivity contribution in [3.05, 3.63) is 0 Å². The van der Waals surface area contributed by atoms with Gasteiger partial charge in [-0.15, -0.1) is 0 Å². The first-order valence-corrected chi connectivity index (χ1v) is 9.35. The molecule has 0 spiro atoms. The SMILES string of the molecule is C.C.CC.CCOC=O.OP(O)(O)=S.OP(O)(O)=S. The van der Waals surface area contributed by atoms with E-state index in [0.29, 0.717) is 13.1 Å². The predicted molar refractivity (Wildman–Crippen MR) is 84.4 cm³/mol. The fourth-order valence-electron chi connectivity index (χ4n) is 0.0680. The minimum atomic E-state index is -3.81. The lowest BCUT2D eigenvalue weighted by molar-refractivity contribution is -0.128. The van der Waals surface area contributed by atoms with E-state index in [1.807, 2.05) is 13.8 Å². The molecule has 0 bridgehead atoms. The maximum absolute atomic E-state index is 9.18. The van der Waals surface area contributed by atoms with Crippen molar-refractivity contribution in [2.24, 2.45) is 0 Å². The molecule has 0 fully saturated rings. The second kappa shape index (κ2) is 23.6. The van der Waals surface area contributed by atoms with Gasteiger partial charge < -0.3 is 34.1 Å². The van der Waals surface area contributed by atoms with Gasteiger partial charge in [-0.05, 0) is 30.5 Å². The smallest absolute Gasteiger partial charge is 0.319 e. The molecule has 0 heterocycles. The maximum atomic E-state index is 9.18. The van der Waals surface area contributed by atoms with Crippen molar-refractivity contribution in [2.75, 3.05) is 6.61 Å². The first-order chi connectivity index (χ1) is 7.41. The Morgan fingerprint density at radius 2 is 1.11 bits per heavy atom. The van der Waals surface area contributed by atoms with Gasteiger partial charge in [-0.2, -0.15) is 0 Å². The molecule has 0 aromatic carbocycles. The van der Waals surface area contributed by atoms with Crippen molar-refractivity contribution in [1.29, 1.82) is 0 Å². The van der Waals surface area contributed by atoms with Crippen LogP contribution in [0.3, 0.4) is 0 Å². The lowest BCUT2D eigenvalue weighted by Crippen LogP contribution is -1.80. The molecule has 0 radical (unpaired) electrons. The Kier molecular flexibility index (Phi) is 45.5. The molecular weight excluding hydrogens is 338 g/mol. The molecule has 0 aromatic heterocycles. The van der Waals surface area contributed by atoms with E-state index in [1.165, 1.54) is 0 Å². The molecule has 19 heavy (non-hydrogen) atoms. The Bertz CT molecular complexity index is 203. The monoisotopic (exact) mass is 364 g/mol. The Morgan fingerprint density at radius 3 is 1.11 bits per heavy atom. The van der Waals surface area contributed by atoms with Crippen LogP contribution in [0, 0.1) is 0 Å². The summed E-state index contributed by atoms with van der Waals surface area (Å²) in [4.78, 5) is 54.5. The van der Waals surface area contributed by atoms with Crippen LogP contribution in [0.4, 0.5) is 0 Å². The first-order valence-electron chi connectivity index (χ1n) is 4.03. The quantitative estimate of drug-likeness (QED) is 0.308. The zero-order valence-electron chi connectivity index (χ0n) is 9.50. The summed E-state index contributed by atoms with van der Waals surface area (Å²) in [6.07, 6.45) is 0. The third kappa shape index (κ3) is 791. The molecule has 0 rings (SSSR count). The molecule has 0 saturated carbocycles. The number of carbonyl (C=O) groups excluding carboxylic acids is 1. The van der Waals surface area contributed by atoms with E-state index in [9.17, 15) is 4.79 Å². The van der Waals surface area contributed by atoms with Crippen LogP contribution in [-0.2, 0) is 33.1 Å². The lowest BCUT2D eigenvalue weighted by atomic mass is 10.9. The Balaban J connectivity index is -0.0000000298. The zero-order chi connectivity index (χ0) is 15.1. The van der Waals surface area contributed by atoms with Gasteiger partial charge in [0.05, 0.1) is 6.61 Å². The highest BCUT2D eigenvalue weighted by molar-refractivity contribution is 8.06. The maximum Gasteiger partial charge on any atom is 0.319 e. The third-order valence-corrected chi connectivity index (χ3v) is 0.235. The molecule has 0 atom stereocenters. The van der Waals surface area contributed by atoms with Crippen LogP contribution in [0.25, 0.3) is 0 Å². The van der Waals surface area contributed by atoms with Crippen molar-refractivity contribution >= 4 is 43.5 Å². The second-order valence-electron chi connectivity index (χ2n) is 1.58. The summed E-state index contributed by atoms with van der Waals surface area (Å²) in [5, 5.41) is 0. The Morgan fingerprint density at radius 1 is 0.947 bits per heavy atom. The summed E-state index contributed by atoms with van der Waals surface area (Å²) < 4.78 is 4.15. The summed E-state index contributed by atoms with van der Waals surface area (Å²) in [6.45, 7) is -0.947. The van der Waals surface area contributed by atoms with Crippen molar-refractivity contribution in [2.45, 2.75) is 35.6 Å². The highest BCUT2D eigenvalue weighted by atomic mass is 32.5. The Hall–Kier alpha value is 0.530. The van der Waals surface area contributed by atoms with E-state index in [4.69, 9.17) is 29.4 Å². The number of rotatable bonds is 2. The van der Waals surface area contributed by atoms with E-state index in [2.05, 4.69) is 28.4 Å². The van der Waals surface area contributed by atoms with Crippen LogP contribution in [0.5, 0.6) is 0 Å². The second-order valence-corrected chi connectivity index (χ2v) is 6.57. The number of hydrogen-bond acceptors (Lipinski definition) is 4. The summed E-state index contributed by atoms with van der Waals surface area (Å²) in [5.41, 5.74) is 0. The molecular formula is C7H26O8P2S2. The van der Waals surface area contributed by atoms with Gasteiger partial charge in [-0.25, -0.2) is 0 Å². The molecule has 0 aliphatic rings. The first kappa shape index (κ1) is 36.6. The van der Waals surface area contributed by atoms with E-state index in [-0.39, 0.29) is 14.9 Å². The molecule has 0 amide bonds. The molecule has 0 unspecified atom stereocenters. The van der Waals surface area contributed by atoms with E-state index < -0.39 is 13.4 Å². The summed E-state index contributed by atoms with van der Waals surface area (Å²) in [6, 6.07) is 0. The molecule has 0 aromatic rings. The summed E-state index contributed by atoms with van der Waals surface area (Å²) >= 11 is 7.21. The summed E-state index contributed by atoms with van der Waals surface area (Å²) in [7, 11) is 0. The molecule has 0 saturated heterocycles. The predicted octanol–water partition coefficient (Wildman–Crippen LogP) is 0.853. The van der Waals surface area contributed by atoms with E-state index in [0.717, 1.165) is 0 Å². The van der Waals surface area contributed by atoms with Crippen LogP contribution in [0.2, 0.25) is 0 Å². The average Bonchev–Trinajstić information content (AvgIpc) is 2.03. The van der Waals surface area contributed by atoms with Crippen LogP contribution >= 0.6 is 13.4 Å². The van der Waals surface area contributed by atoms with Gasteiger partial charge in [-0.3, -0.25) is 4.79 Å².